The number of benzene rings is 1. The second-order valence-corrected chi connectivity index (χ2v) is 3.63. The molecule has 0 radical (unpaired) electrons. The summed E-state index contributed by atoms with van der Waals surface area (Å²) in [6.45, 7) is 0.590. The van der Waals surface area contributed by atoms with Crippen molar-refractivity contribution in [3.05, 3.63) is 29.8 Å². The van der Waals surface area contributed by atoms with Gasteiger partial charge in [-0.25, -0.2) is 0 Å². The van der Waals surface area contributed by atoms with Crippen LogP contribution in [0.2, 0.25) is 0 Å². The molecule has 0 fully saturated rings. The first-order valence-electron chi connectivity index (χ1n) is 5.37. The second-order valence-electron chi connectivity index (χ2n) is 3.63. The third-order valence-corrected chi connectivity index (χ3v) is 2.24. The minimum absolute atomic E-state index is 0.0948. The Balaban J connectivity index is 2.69. The van der Waals surface area contributed by atoms with Crippen molar-refractivity contribution in [3.63, 3.8) is 0 Å². The van der Waals surface area contributed by atoms with E-state index >= 15 is 0 Å². The lowest BCUT2D eigenvalue weighted by molar-refractivity contribution is -0.136. The number of carboxylic acids is 1. The van der Waals surface area contributed by atoms with Crippen molar-refractivity contribution >= 4 is 17.6 Å². The van der Waals surface area contributed by atoms with Gasteiger partial charge in [-0.1, -0.05) is 18.2 Å². The summed E-state index contributed by atoms with van der Waals surface area (Å²) >= 11 is 0. The number of anilines is 1. The monoisotopic (exact) mass is 236 g/mol. The first-order chi connectivity index (χ1) is 8.13. The van der Waals surface area contributed by atoms with Crippen molar-refractivity contribution < 1.29 is 14.7 Å². The molecule has 0 aliphatic heterocycles. The molecule has 0 bridgehead atoms. The molecule has 5 heteroatoms. The molecule has 1 rings (SSSR count). The molecular weight excluding hydrogens is 220 g/mol. The van der Waals surface area contributed by atoms with E-state index < -0.39 is 5.97 Å². The van der Waals surface area contributed by atoms with Crippen molar-refractivity contribution in [2.24, 2.45) is 0 Å². The zero-order chi connectivity index (χ0) is 12.7. The van der Waals surface area contributed by atoms with E-state index in [0.29, 0.717) is 24.2 Å². The highest BCUT2D eigenvalue weighted by molar-refractivity contribution is 5.92. The Morgan fingerprint density at radius 1 is 1.29 bits per heavy atom. The van der Waals surface area contributed by atoms with Crippen LogP contribution in [0.4, 0.5) is 5.69 Å². The molecule has 0 saturated heterocycles. The lowest BCUT2D eigenvalue weighted by Crippen LogP contribution is -2.19. The summed E-state index contributed by atoms with van der Waals surface area (Å²) in [5.74, 6) is -1.04. The average molecular weight is 236 g/mol. The lowest BCUT2D eigenvalue weighted by Gasteiger charge is -2.09. The average Bonchev–Trinajstić information content (AvgIpc) is 2.28. The number of amides is 1. The van der Waals surface area contributed by atoms with Gasteiger partial charge in [0, 0.05) is 18.7 Å². The SMILES string of the molecule is CNCCC(=O)Nc1ccccc1CC(=O)O. The zero-order valence-electron chi connectivity index (χ0n) is 9.69. The Morgan fingerprint density at radius 3 is 2.65 bits per heavy atom. The van der Waals surface area contributed by atoms with Crippen LogP contribution < -0.4 is 10.6 Å². The van der Waals surface area contributed by atoms with Gasteiger partial charge in [0.2, 0.25) is 5.91 Å². The number of carbonyl (C=O) groups excluding carboxylic acids is 1. The van der Waals surface area contributed by atoms with E-state index in [0.717, 1.165) is 0 Å². The van der Waals surface area contributed by atoms with E-state index in [2.05, 4.69) is 10.6 Å². The van der Waals surface area contributed by atoms with Crippen LogP contribution >= 0.6 is 0 Å². The fourth-order valence-electron chi connectivity index (χ4n) is 1.41. The second kappa shape index (κ2) is 6.65. The molecule has 0 spiro atoms. The summed E-state index contributed by atoms with van der Waals surface area (Å²) in [6.07, 6.45) is 0.264. The molecule has 5 nitrogen and oxygen atoms in total. The van der Waals surface area contributed by atoms with Crippen LogP contribution in [0.25, 0.3) is 0 Å². The fourth-order valence-corrected chi connectivity index (χ4v) is 1.41. The van der Waals surface area contributed by atoms with Crippen molar-refractivity contribution in [2.45, 2.75) is 12.8 Å². The maximum Gasteiger partial charge on any atom is 0.307 e. The molecule has 1 aromatic carbocycles. The molecule has 0 aliphatic carbocycles. The summed E-state index contributed by atoms with van der Waals surface area (Å²) in [5, 5.41) is 14.3. The van der Waals surface area contributed by atoms with E-state index in [9.17, 15) is 9.59 Å². The van der Waals surface area contributed by atoms with Crippen LogP contribution in [0.1, 0.15) is 12.0 Å². The van der Waals surface area contributed by atoms with Gasteiger partial charge in [0.25, 0.3) is 0 Å². The Kier molecular flexibility index (Phi) is 5.16. The largest absolute Gasteiger partial charge is 0.481 e. The zero-order valence-corrected chi connectivity index (χ0v) is 9.69. The first-order valence-corrected chi connectivity index (χ1v) is 5.37. The van der Waals surface area contributed by atoms with Crippen LogP contribution in [0.3, 0.4) is 0 Å². The minimum atomic E-state index is -0.915. The normalized spacial score (nSPS) is 9.94. The summed E-state index contributed by atoms with van der Waals surface area (Å²) in [4.78, 5) is 22.2. The molecule has 0 unspecified atom stereocenters. The van der Waals surface area contributed by atoms with Gasteiger partial charge in [-0.3, -0.25) is 9.59 Å². The van der Waals surface area contributed by atoms with Crippen LogP contribution in [-0.2, 0) is 16.0 Å². The van der Waals surface area contributed by atoms with Crippen LogP contribution in [0, 0.1) is 0 Å². The lowest BCUT2D eigenvalue weighted by atomic mass is 10.1. The number of carbonyl (C=O) groups is 2. The van der Waals surface area contributed by atoms with Crippen molar-refractivity contribution in [2.75, 3.05) is 18.9 Å². The fraction of sp³-hybridized carbons (Fsp3) is 0.333. The Hall–Kier alpha value is -1.88. The van der Waals surface area contributed by atoms with Crippen molar-refractivity contribution in [3.8, 4) is 0 Å². The molecule has 92 valence electrons. The summed E-state index contributed by atoms with van der Waals surface area (Å²) in [7, 11) is 1.77. The quantitative estimate of drug-likeness (QED) is 0.684. The van der Waals surface area contributed by atoms with E-state index in [1.165, 1.54) is 0 Å². The number of carboxylic acid groups (broad SMARTS) is 1. The minimum Gasteiger partial charge on any atom is -0.481 e. The number of hydrogen-bond donors (Lipinski definition) is 3. The summed E-state index contributed by atoms with van der Waals surface area (Å²) in [6, 6.07) is 6.91. The molecule has 1 aromatic rings. The third-order valence-electron chi connectivity index (χ3n) is 2.24. The van der Waals surface area contributed by atoms with Gasteiger partial charge < -0.3 is 15.7 Å². The van der Waals surface area contributed by atoms with E-state index in [1.54, 1.807) is 31.3 Å². The molecule has 0 aliphatic rings. The Bertz CT molecular complexity index is 404. The molecule has 17 heavy (non-hydrogen) atoms. The van der Waals surface area contributed by atoms with Crippen LogP contribution in [-0.4, -0.2) is 30.6 Å². The number of rotatable bonds is 6. The van der Waals surface area contributed by atoms with Crippen molar-refractivity contribution in [1.29, 1.82) is 0 Å². The van der Waals surface area contributed by atoms with Crippen molar-refractivity contribution in [1.82, 2.24) is 5.32 Å². The predicted molar refractivity (Wildman–Crippen MR) is 65.0 cm³/mol. The molecule has 3 N–H and O–H groups in total. The topological polar surface area (TPSA) is 78.4 Å². The molecular formula is C12H16N2O3. The highest BCUT2D eigenvalue weighted by Crippen LogP contribution is 2.15. The van der Waals surface area contributed by atoms with E-state index in [4.69, 9.17) is 5.11 Å². The van der Waals surface area contributed by atoms with Gasteiger partial charge >= 0.3 is 5.97 Å². The highest BCUT2D eigenvalue weighted by atomic mass is 16.4. The smallest absolute Gasteiger partial charge is 0.307 e. The standard InChI is InChI=1S/C12H16N2O3/c1-13-7-6-11(15)14-10-5-3-2-4-9(10)8-12(16)17/h2-5,13H,6-8H2,1H3,(H,14,15)(H,16,17). The van der Waals surface area contributed by atoms with Gasteiger partial charge in [-0.05, 0) is 18.7 Å². The molecule has 0 atom stereocenters. The maximum atomic E-state index is 11.5. The van der Waals surface area contributed by atoms with Crippen LogP contribution in [0.15, 0.2) is 24.3 Å². The van der Waals surface area contributed by atoms with Gasteiger partial charge in [0.05, 0.1) is 6.42 Å². The number of nitrogens with one attached hydrogen (secondary N) is 2. The van der Waals surface area contributed by atoms with Gasteiger partial charge in [-0.2, -0.15) is 0 Å². The van der Waals surface area contributed by atoms with Gasteiger partial charge in [0.15, 0.2) is 0 Å². The first kappa shape index (κ1) is 13.2. The van der Waals surface area contributed by atoms with Crippen LogP contribution in [0.5, 0.6) is 0 Å². The summed E-state index contributed by atoms with van der Waals surface area (Å²) in [5.41, 5.74) is 1.17. The van der Waals surface area contributed by atoms with Gasteiger partial charge in [0.1, 0.15) is 0 Å². The number of aliphatic carboxylic acids is 1. The molecule has 0 heterocycles. The summed E-state index contributed by atoms with van der Waals surface area (Å²) < 4.78 is 0. The predicted octanol–water partition coefficient (Wildman–Crippen LogP) is 0.862. The molecule has 0 aromatic heterocycles. The highest BCUT2D eigenvalue weighted by Gasteiger charge is 2.08. The van der Waals surface area contributed by atoms with E-state index in [1.807, 2.05) is 0 Å². The maximum absolute atomic E-state index is 11.5. The Morgan fingerprint density at radius 2 is 2.00 bits per heavy atom. The Labute approximate surface area is 99.8 Å². The number of para-hydroxylation sites is 1. The van der Waals surface area contributed by atoms with E-state index in [-0.39, 0.29) is 12.3 Å². The molecule has 1 amide bonds. The van der Waals surface area contributed by atoms with Gasteiger partial charge in [-0.15, -0.1) is 0 Å². The number of hydrogen-bond acceptors (Lipinski definition) is 3. The molecule has 0 saturated carbocycles. The third kappa shape index (κ3) is 4.65.